The van der Waals surface area contributed by atoms with Crippen molar-refractivity contribution in [1.29, 1.82) is 0 Å². The number of esters is 1. The largest absolute Gasteiger partial charge is 0.469 e. The highest BCUT2D eigenvalue weighted by Crippen LogP contribution is 2.69. The summed E-state index contributed by atoms with van der Waals surface area (Å²) in [6.45, 7) is 9.67. The molecule has 2 aliphatic carbocycles. The lowest BCUT2D eigenvalue weighted by Gasteiger charge is -2.51. The Morgan fingerprint density at radius 2 is 2.20 bits per heavy atom. The van der Waals surface area contributed by atoms with Crippen molar-refractivity contribution in [3.63, 3.8) is 0 Å². The Balaban J connectivity index is 1.70. The van der Waals surface area contributed by atoms with Gasteiger partial charge in [0.25, 0.3) is 0 Å². The molecule has 1 aromatic heterocycles. The van der Waals surface area contributed by atoms with E-state index < -0.39 is 17.1 Å². The van der Waals surface area contributed by atoms with E-state index in [0.29, 0.717) is 18.4 Å². The highest BCUT2D eigenvalue weighted by Gasteiger charge is 2.77. The number of epoxide rings is 1. The first-order valence-electron chi connectivity index (χ1n) is 9.03. The van der Waals surface area contributed by atoms with Crippen molar-refractivity contribution in [2.45, 2.75) is 71.4 Å². The van der Waals surface area contributed by atoms with Crippen LogP contribution < -0.4 is 0 Å². The van der Waals surface area contributed by atoms with Crippen LogP contribution in [0.3, 0.4) is 0 Å². The molecule has 0 bridgehead atoms. The van der Waals surface area contributed by atoms with E-state index in [9.17, 15) is 9.90 Å². The Bertz CT molecular complexity index is 762. The van der Waals surface area contributed by atoms with E-state index in [1.807, 2.05) is 13.8 Å². The third kappa shape index (κ3) is 1.99. The minimum Gasteiger partial charge on any atom is -0.469 e. The van der Waals surface area contributed by atoms with Gasteiger partial charge >= 0.3 is 5.97 Å². The molecule has 5 heteroatoms. The highest BCUT2D eigenvalue weighted by atomic mass is 16.6. The minimum atomic E-state index is -0.695. The Hall–Kier alpha value is -1.59. The summed E-state index contributed by atoms with van der Waals surface area (Å²) in [5, 5.41) is 11.3. The van der Waals surface area contributed by atoms with Gasteiger partial charge in [-0.1, -0.05) is 19.9 Å². The summed E-state index contributed by atoms with van der Waals surface area (Å²) >= 11 is 0. The van der Waals surface area contributed by atoms with Crippen molar-refractivity contribution in [2.75, 3.05) is 0 Å². The van der Waals surface area contributed by atoms with Crippen molar-refractivity contribution in [3.05, 3.63) is 34.8 Å². The smallest absolute Gasteiger partial charge is 0.333 e. The molecule has 0 aromatic carbocycles. The summed E-state index contributed by atoms with van der Waals surface area (Å²) in [6, 6.07) is 0. The summed E-state index contributed by atoms with van der Waals surface area (Å²) in [5.74, 6) is 0.510. The van der Waals surface area contributed by atoms with Gasteiger partial charge in [-0.05, 0) is 26.3 Å². The van der Waals surface area contributed by atoms with E-state index in [0.717, 1.165) is 16.9 Å². The fourth-order valence-corrected chi connectivity index (χ4v) is 4.99. The lowest BCUT2D eigenvalue weighted by molar-refractivity contribution is -0.163. The number of aliphatic hydroxyl groups excluding tert-OH is 1. The zero-order chi connectivity index (χ0) is 18.1. The fourth-order valence-electron chi connectivity index (χ4n) is 4.99. The number of aliphatic hydroxyl groups is 1. The molecule has 1 spiro atoms. The van der Waals surface area contributed by atoms with Gasteiger partial charge in [0, 0.05) is 35.3 Å². The van der Waals surface area contributed by atoms with Crippen LogP contribution in [0.2, 0.25) is 0 Å². The molecule has 1 N–H and O–H groups in total. The number of carbonyl (C=O) groups is 1. The van der Waals surface area contributed by atoms with E-state index >= 15 is 0 Å². The molecule has 2 heterocycles. The van der Waals surface area contributed by atoms with Gasteiger partial charge < -0.3 is 19.0 Å². The predicted molar refractivity (Wildman–Crippen MR) is 90.9 cm³/mol. The number of carbonyl (C=O) groups excluding carboxylic acids is 1. The van der Waals surface area contributed by atoms with Crippen molar-refractivity contribution in [3.8, 4) is 0 Å². The molecule has 0 amide bonds. The Kier molecular flexibility index (Phi) is 3.51. The number of rotatable bonds is 2. The van der Waals surface area contributed by atoms with Gasteiger partial charge in [-0.15, -0.1) is 0 Å². The molecular weight excluding hydrogens is 320 g/mol. The summed E-state index contributed by atoms with van der Waals surface area (Å²) < 4.78 is 17.6. The molecule has 0 unspecified atom stereocenters. The SMILES string of the molecule is CC=C(C)C(=O)O[C@H]1C[C@H]2O[C@]23Cc2occ(C)c2[C@@H](O)[C@]3(C)[C@H]1C. The van der Waals surface area contributed by atoms with Gasteiger partial charge in [-0.3, -0.25) is 0 Å². The molecule has 136 valence electrons. The van der Waals surface area contributed by atoms with Gasteiger partial charge in [0.05, 0.1) is 18.5 Å². The monoisotopic (exact) mass is 346 g/mol. The summed E-state index contributed by atoms with van der Waals surface area (Å²) in [4.78, 5) is 12.3. The second-order valence-electron chi connectivity index (χ2n) is 8.05. The average molecular weight is 346 g/mol. The second-order valence-corrected chi connectivity index (χ2v) is 8.05. The highest BCUT2D eigenvalue weighted by molar-refractivity contribution is 5.87. The first-order chi connectivity index (χ1) is 11.8. The Labute approximate surface area is 148 Å². The summed E-state index contributed by atoms with van der Waals surface area (Å²) in [7, 11) is 0. The lowest BCUT2D eigenvalue weighted by Crippen LogP contribution is -2.58. The molecule has 1 aromatic rings. The summed E-state index contributed by atoms with van der Waals surface area (Å²) in [6.07, 6.45) is 3.84. The van der Waals surface area contributed by atoms with E-state index in [-0.39, 0.29) is 24.1 Å². The molecule has 4 rings (SSSR count). The number of ether oxygens (including phenoxy) is 2. The zero-order valence-electron chi connectivity index (χ0n) is 15.5. The molecule has 25 heavy (non-hydrogen) atoms. The molecule has 3 aliphatic rings. The molecule has 1 saturated carbocycles. The van der Waals surface area contributed by atoms with Gasteiger partial charge in [-0.25, -0.2) is 4.79 Å². The van der Waals surface area contributed by atoms with Crippen LogP contribution in [-0.4, -0.2) is 28.9 Å². The number of aryl methyl sites for hydroxylation is 1. The molecule has 2 fully saturated rings. The van der Waals surface area contributed by atoms with Crippen LogP contribution in [0, 0.1) is 18.3 Å². The normalized spacial score (nSPS) is 42.2. The first kappa shape index (κ1) is 16.9. The predicted octanol–water partition coefficient (Wildman–Crippen LogP) is 3.24. The van der Waals surface area contributed by atoms with Crippen LogP contribution in [-0.2, 0) is 20.7 Å². The number of furan rings is 1. The molecule has 1 aliphatic heterocycles. The van der Waals surface area contributed by atoms with Crippen molar-refractivity contribution in [2.24, 2.45) is 11.3 Å². The van der Waals surface area contributed by atoms with Crippen LogP contribution in [0.5, 0.6) is 0 Å². The molecular formula is C20H26O5. The number of hydrogen-bond acceptors (Lipinski definition) is 5. The third-order valence-corrected chi connectivity index (χ3v) is 7.06. The molecule has 6 atom stereocenters. The zero-order valence-corrected chi connectivity index (χ0v) is 15.5. The molecule has 0 radical (unpaired) electrons. The maximum Gasteiger partial charge on any atom is 0.333 e. The van der Waals surface area contributed by atoms with Crippen molar-refractivity contribution >= 4 is 5.97 Å². The molecule has 5 nitrogen and oxygen atoms in total. The lowest BCUT2D eigenvalue weighted by atomic mass is 9.53. The average Bonchev–Trinajstić information content (AvgIpc) is 3.16. The quantitative estimate of drug-likeness (QED) is 0.506. The maximum atomic E-state index is 12.3. The van der Waals surface area contributed by atoms with Gasteiger partial charge in [-0.2, -0.15) is 0 Å². The van der Waals surface area contributed by atoms with Gasteiger partial charge in [0.2, 0.25) is 0 Å². The Morgan fingerprint density at radius 1 is 1.48 bits per heavy atom. The van der Waals surface area contributed by atoms with Crippen LogP contribution in [0.4, 0.5) is 0 Å². The maximum absolute atomic E-state index is 12.3. The third-order valence-electron chi connectivity index (χ3n) is 7.06. The van der Waals surface area contributed by atoms with E-state index in [1.165, 1.54) is 0 Å². The number of allylic oxidation sites excluding steroid dienone is 1. The number of fused-ring (bicyclic) bond motifs is 1. The van der Waals surface area contributed by atoms with E-state index in [2.05, 4.69) is 13.8 Å². The van der Waals surface area contributed by atoms with Crippen LogP contribution in [0.15, 0.2) is 22.3 Å². The van der Waals surface area contributed by atoms with E-state index in [4.69, 9.17) is 13.9 Å². The van der Waals surface area contributed by atoms with Gasteiger partial charge in [0.1, 0.15) is 17.5 Å². The van der Waals surface area contributed by atoms with E-state index in [1.54, 1.807) is 19.3 Å². The van der Waals surface area contributed by atoms with Crippen LogP contribution in [0.25, 0.3) is 0 Å². The van der Waals surface area contributed by atoms with Crippen LogP contribution >= 0.6 is 0 Å². The number of hydrogen-bond donors (Lipinski definition) is 1. The minimum absolute atomic E-state index is 0.00869. The second kappa shape index (κ2) is 5.21. The summed E-state index contributed by atoms with van der Waals surface area (Å²) in [5.41, 5.74) is 1.51. The van der Waals surface area contributed by atoms with Crippen molar-refractivity contribution in [1.82, 2.24) is 0 Å². The topological polar surface area (TPSA) is 72.2 Å². The standard InChI is InChI=1S/C20H26O5/c1-6-10(2)18(22)24-13-7-15-20(25-15)8-14-16(11(3)9-23-14)17(21)19(20,5)12(13)4/h6,9,12-13,15,17,21H,7-8H2,1-5H3/t12-,13-,15+,17+,19-,20+/m0/s1. The van der Waals surface area contributed by atoms with Crippen LogP contribution in [0.1, 0.15) is 57.1 Å². The van der Waals surface area contributed by atoms with Crippen molar-refractivity contribution < 1.29 is 23.8 Å². The fraction of sp³-hybridized carbons (Fsp3) is 0.650. The first-order valence-corrected chi connectivity index (χ1v) is 9.03. The van der Waals surface area contributed by atoms with Gasteiger partial charge in [0.15, 0.2) is 0 Å². The molecule has 1 saturated heterocycles. The Morgan fingerprint density at radius 3 is 2.88 bits per heavy atom.